The molecule has 26 heavy (non-hydrogen) atoms. The van der Waals surface area contributed by atoms with Gasteiger partial charge in [-0.05, 0) is 42.7 Å². The van der Waals surface area contributed by atoms with Crippen molar-refractivity contribution in [3.63, 3.8) is 0 Å². The molecule has 0 bridgehead atoms. The molecule has 1 aliphatic heterocycles. The molecule has 4 rings (SSSR count). The molecule has 0 atom stereocenters. The number of carbonyl (C=O) groups is 1. The van der Waals surface area contributed by atoms with Gasteiger partial charge in [0, 0.05) is 37.5 Å². The van der Waals surface area contributed by atoms with Crippen molar-refractivity contribution in [2.75, 3.05) is 19.3 Å². The molecule has 1 aromatic heterocycles. The van der Waals surface area contributed by atoms with Crippen molar-refractivity contribution in [1.82, 2.24) is 9.88 Å². The molecular formula is C19H21N3O3S. The highest BCUT2D eigenvalue weighted by Gasteiger charge is 2.41. The van der Waals surface area contributed by atoms with Gasteiger partial charge in [0.25, 0.3) is 0 Å². The van der Waals surface area contributed by atoms with Crippen molar-refractivity contribution < 1.29 is 13.2 Å². The zero-order valence-electron chi connectivity index (χ0n) is 14.8. The number of rotatable bonds is 2. The van der Waals surface area contributed by atoms with Crippen LogP contribution in [0.4, 0.5) is 0 Å². The Kier molecular flexibility index (Phi) is 3.92. The van der Waals surface area contributed by atoms with Crippen LogP contribution in [0, 0.1) is 16.7 Å². The Morgan fingerprint density at radius 3 is 2.46 bits per heavy atom. The van der Waals surface area contributed by atoms with Crippen LogP contribution in [-0.2, 0) is 21.1 Å². The number of fused-ring (bicyclic) bond motifs is 1. The second-order valence-corrected chi connectivity index (χ2v) is 9.69. The minimum Gasteiger partial charge on any atom is -0.370 e. The highest BCUT2D eigenvalue weighted by molar-refractivity contribution is 7.90. The Morgan fingerprint density at radius 1 is 1.23 bits per heavy atom. The summed E-state index contributed by atoms with van der Waals surface area (Å²) >= 11 is 0. The van der Waals surface area contributed by atoms with Crippen LogP contribution in [0.1, 0.15) is 43.2 Å². The lowest BCUT2D eigenvalue weighted by Crippen LogP contribution is -2.43. The fourth-order valence-electron chi connectivity index (χ4n) is 4.38. The van der Waals surface area contributed by atoms with E-state index < -0.39 is 9.84 Å². The third-order valence-electron chi connectivity index (χ3n) is 6.13. The van der Waals surface area contributed by atoms with Crippen molar-refractivity contribution in [2.24, 2.45) is 5.41 Å². The molecule has 1 spiro atoms. The molecule has 1 saturated carbocycles. The minimum atomic E-state index is -3.46. The van der Waals surface area contributed by atoms with Gasteiger partial charge in [-0.25, -0.2) is 13.4 Å². The maximum absolute atomic E-state index is 12.5. The van der Waals surface area contributed by atoms with Crippen molar-refractivity contribution in [3.8, 4) is 6.07 Å². The minimum absolute atomic E-state index is 0.0205. The molecule has 6 nitrogen and oxygen atoms in total. The third kappa shape index (κ3) is 2.73. The van der Waals surface area contributed by atoms with E-state index in [1.165, 1.54) is 31.5 Å². The van der Waals surface area contributed by atoms with E-state index in [4.69, 9.17) is 0 Å². The van der Waals surface area contributed by atoms with Gasteiger partial charge in [-0.3, -0.25) is 4.79 Å². The highest BCUT2D eigenvalue weighted by atomic mass is 32.2. The zero-order valence-corrected chi connectivity index (χ0v) is 15.6. The predicted octanol–water partition coefficient (Wildman–Crippen LogP) is 2.11. The number of nitriles is 1. The van der Waals surface area contributed by atoms with Crippen LogP contribution in [0.3, 0.4) is 0 Å². The average molecular weight is 371 g/mol. The molecule has 0 unspecified atom stereocenters. The molecule has 136 valence electrons. The van der Waals surface area contributed by atoms with Crippen molar-refractivity contribution in [3.05, 3.63) is 29.0 Å². The zero-order chi connectivity index (χ0) is 18.5. The van der Waals surface area contributed by atoms with Gasteiger partial charge in [-0.15, -0.1) is 0 Å². The molecule has 0 radical (unpaired) electrons. The van der Waals surface area contributed by atoms with Crippen LogP contribution in [0.25, 0.3) is 5.70 Å². The van der Waals surface area contributed by atoms with Gasteiger partial charge in [-0.2, -0.15) is 5.26 Å². The van der Waals surface area contributed by atoms with E-state index in [0.29, 0.717) is 22.2 Å². The van der Waals surface area contributed by atoms with Crippen LogP contribution in [0.5, 0.6) is 0 Å². The number of ketones is 1. The number of allylic oxidation sites excluding steroid dienone is 1. The van der Waals surface area contributed by atoms with Gasteiger partial charge in [0.2, 0.25) is 0 Å². The Bertz CT molecular complexity index is 958. The fraction of sp³-hybridized carbons (Fsp3) is 0.526. The Hall–Kier alpha value is -2.20. The smallest absolute Gasteiger partial charge is 0.192 e. The van der Waals surface area contributed by atoms with Crippen LogP contribution >= 0.6 is 0 Å². The van der Waals surface area contributed by atoms with E-state index in [2.05, 4.69) is 16.0 Å². The van der Waals surface area contributed by atoms with Crippen molar-refractivity contribution >= 4 is 21.3 Å². The van der Waals surface area contributed by atoms with Gasteiger partial charge >= 0.3 is 0 Å². The van der Waals surface area contributed by atoms with Gasteiger partial charge in [0.15, 0.2) is 20.6 Å². The van der Waals surface area contributed by atoms with Crippen molar-refractivity contribution in [2.45, 2.75) is 43.6 Å². The first-order chi connectivity index (χ1) is 12.3. The Labute approximate surface area is 153 Å². The topological polar surface area (TPSA) is 91.1 Å². The van der Waals surface area contributed by atoms with E-state index in [9.17, 15) is 18.5 Å². The molecule has 2 fully saturated rings. The molecule has 0 amide bonds. The van der Waals surface area contributed by atoms with Gasteiger partial charge < -0.3 is 4.90 Å². The van der Waals surface area contributed by atoms with E-state index in [0.717, 1.165) is 32.2 Å². The number of Topliss-reactive ketones (excluding diaryl/α,β-unsaturated/α-hetero) is 1. The maximum Gasteiger partial charge on any atom is 0.192 e. The summed E-state index contributed by atoms with van der Waals surface area (Å²) in [5.41, 5.74) is 2.55. The normalized spacial score (nSPS) is 22.0. The third-order valence-corrected chi connectivity index (χ3v) is 7.11. The number of nitrogens with zero attached hydrogens (tertiary/aromatic N) is 3. The summed E-state index contributed by atoms with van der Waals surface area (Å²) in [4.78, 5) is 18.6. The Morgan fingerprint density at radius 2 is 1.92 bits per heavy atom. The molecule has 0 aromatic carbocycles. The maximum atomic E-state index is 12.5. The summed E-state index contributed by atoms with van der Waals surface area (Å²) in [6.45, 7) is 1.59. The number of carbonyl (C=O) groups excluding carboxylic acids is 1. The molecule has 2 aliphatic carbocycles. The van der Waals surface area contributed by atoms with E-state index in [1.54, 1.807) is 0 Å². The first-order valence-electron chi connectivity index (χ1n) is 8.95. The van der Waals surface area contributed by atoms with Crippen LogP contribution in [0.15, 0.2) is 22.9 Å². The van der Waals surface area contributed by atoms with E-state index >= 15 is 0 Å². The second-order valence-electron chi connectivity index (χ2n) is 7.73. The fourth-order valence-corrected chi connectivity index (χ4v) is 4.96. The quantitative estimate of drug-likeness (QED) is 0.791. The molecule has 7 heteroatoms. The van der Waals surface area contributed by atoms with Crippen LogP contribution in [-0.4, -0.2) is 43.4 Å². The number of likely N-dealkylation sites (tertiary alicyclic amines) is 1. The standard InChI is InChI=1S/C19H21N3O3S/c1-26(24,25)17-10-14-13(12-21-17)9-16(23)15(11-20)18(14)22-7-5-19(6-8-22)3-2-4-19/h10,12H,2-9H2,1H3. The van der Waals surface area contributed by atoms with Gasteiger partial charge in [-0.1, -0.05) is 6.42 Å². The number of sulfone groups is 1. The molecule has 3 aliphatic rings. The first-order valence-corrected chi connectivity index (χ1v) is 10.8. The highest BCUT2D eigenvalue weighted by Crippen LogP contribution is 2.50. The number of hydrogen-bond acceptors (Lipinski definition) is 6. The number of hydrogen-bond donors (Lipinski definition) is 0. The Balaban J connectivity index is 1.78. The van der Waals surface area contributed by atoms with Crippen LogP contribution < -0.4 is 0 Å². The van der Waals surface area contributed by atoms with Gasteiger partial charge in [0.05, 0.1) is 5.70 Å². The molecule has 1 aromatic rings. The number of aromatic nitrogens is 1. The lowest BCUT2D eigenvalue weighted by Gasteiger charge is -2.49. The van der Waals surface area contributed by atoms with Crippen LogP contribution in [0.2, 0.25) is 0 Å². The van der Waals surface area contributed by atoms with Crippen molar-refractivity contribution in [1.29, 1.82) is 5.26 Å². The van der Waals surface area contributed by atoms with E-state index in [1.807, 2.05) is 0 Å². The molecule has 0 N–H and O–H groups in total. The average Bonchev–Trinajstić information content (AvgIpc) is 2.58. The summed E-state index contributed by atoms with van der Waals surface area (Å²) < 4.78 is 23.8. The summed E-state index contributed by atoms with van der Waals surface area (Å²) in [6.07, 6.45) is 8.62. The molecule has 2 heterocycles. The summed E-state index contributed by atoms with van der Waals surface area (Å²) in [6, 6.07) is 3.59. The van der Waals surface area contributed by atoms with Gasteiger partial charge in [0.1, 0.15) is 11.6 Å². The predicted molar refractivity (Wildman–Crippen MR) is 95.7 cm³/mol. The largest absolute Gasteiger partial charge is 0.370 e. The summed E-state index contributed by atoms with van der Waals surface area (Å²) in [5, 5.41) is 9.57. The molecule has 1 saturated heterocycles. The lowest BCUT2D eigenvalue weighted by atomic mass is 9.63. The monoisotopic (exact) mass is 371 g/mol. The SMILES string of the molecule is CS(=O)(=O)c1cc2c(cn1)CC(=O)C(C#N)=C2N1CCC2(CCC2)CC1. The first kappa shape index (κ1) is 17.2. The molecular weight excluding hydrogens is 350 g/mol. The number of piperidine rings is 1. The lowest BCUT2D eigenvalue weighted by molar-refractivity contribution is -0.114. The number of pyridine rings is 1. The second kappa shape index (κ2) is 5.92. The summed E-state index contributed by atoms with van der Waals surface area (Å²) in [7, 11) is -3.46. The van der Waals surface area contributed by atoms with E-state index in [-0.39, 0.29) is 22.8 Å². The summed E-state index contributed by atoms with van der Waals surface area (Å²) in [5.74, 6) is -0.215.